The maximum atomic E-state index is 5.36. The molecule has 0 fully saturated rings. The number of para-hydroxylation sites is 1. The number of pyridine rings is 2. The average Bonchev–Trinajstić information content (AvgIpc) is 3.82. The van der Waals surface area contributed by atoms with Gasteiger partial charge in [0.05, 0.1) is 22.4 Å². The molecule has 3 aromatic heterocycles. The van der Waals surface area contributed by atoms with Crippen molar-refractivity contribution in [2.45, 2.75) is 35.4 Å². The van der Waals surface area contributed by atoms with Gasteiger partial charge >= 0.3 is 0 Å². The first-order chi connectivity index (χ1) is 26.1. The lowest BCUT2D eigenvalue weighted by Crippen LogP contribution is -2.29. The average molecular weight is 703 g/mol. The molecule has 0 spiro atoms. The van der Waals surface area contributed by atoms with Gasteiger partial charge in [-0.1, -0.05) is 103 Å². The van der Waals surface area contributed by atoms with Crippen LogP contribution in [0, 0.1) is 0 Å². The first-order valence-electron chi connectivity index (χ1n) is 18.4. The summed E-state index contributed by atoms with van der Waals surface area (Å²) in [4.78, 5) is 11.0. The van der Waals surface area contributed by atoms with E-state index in [1.54, 1.807) is 0 Å². The monoisotopic (exact) mass is 702 g/mol. The Morgan fingerprint density at radius 1 is 0.774 bits per heavy atom. The first kappa shape index (κ1) is 31.8. The second-order valence-corrected chi connectivity index (χ2v) is 15.7. The highest BCUT2D eigenvalue weighted by atomic mass is 32.2. The van der Waals surface area contributed by atoms with Crippen LogP contribution in [0.3, 0.4) is 0 Å². The zero-order valence-electron chi connectivity index (χ0n) is 29.5. The Balaban J connectivity index is 1.05. The molecular formula is C48H38N4S. The Bertz CT molecular complexity index is 2650. The highest BCUT2D eigenvalue weighted by Crippen LogP contribution is 2.52. The van der Waals surface area contributed by atoms with Crippen molar-refractivity contribution in [2.24, 2.45) is 0 Å². The van der Waals surface area contributed by atoms with Crippen LogP contribution in [-0.2, 0) is 12.0 Å². The minimum absolute atomic E-state index is 0.306. The van der Waals surface area contributed by atoms with Crippen molar-refractivity contribution in [3.63, 3.8) is 0 Å². The van der Waals surface area contributed by atoms with Gasteiger partial charge < -0.3 is 9.88 Å². The molecule has 53 heavy (non-hydrogen) atoms. The van der Waals surface area contributed by atoms with Crippen LogP contribution in [0.5, 0.6) is 0 Å². The molecule has 1 N–H and O–H groups in total. The van der Waals surface area contributed by atoms with Crippen molar-refractivity contribution in [2.75, 3.05) is 6.54 Å². The van der Waals surface area contributed by atoms with Gasteiger partial charge in [-0.2, -0.15) is 0 Å². The van der Waals surface area contributed by atoms with E-state index in [-0.39, 0.29) is 5.54 Å². The summed E-state index contributed by atoms with van der Waals surface area (Å²) in [6.07, 6.45) is 18.8. The summed E-state index contributed by atoms with van der Waals surface area (Å²) >= 11 is 2.03. The van der Waals surface area contributed by atoms with Gasteiger partial charge in [0.25, 0.3) is 0 Å². The van der Waals surface area contributed by atoms with E-state index >= 15 is 0 Å². The van der Waals surface area contributed by atoms with Crippen LogP contribution < -0.4 is 5.32 Å². The van der Waals surface area contributed by atoms with Gasteiger partial charge in [-0.25, -0.2) is 4.98 Å². The van der Waals surface area contributed by atoms with E-state index in [1.807, 2.05) is 30.4 Å². The van der Waals surface area contributed by atoms with Crippen LogP contribution in [0.2, 0.25) is 0 Å². The van der Waals surface area contributed by atoms with E-state index in [1.165, 1.54) is 54.5 Å². The maximum absolute atomic E-state index is 5.36. The molecule has 2 aliphatic heterocycles. The van der Waals surface area contributed by atoms with Crippen molar-refractivity contribution < 1.29 is 0 Å². The number of benzene rings is 4. The molecule has 3 aliphatic rings. The number of dihydropyridines is 1. The highest BCUT2D eigenvalue weighted by molar-refractivity contribution is 8.00. The normalized spacial score (nSPS) is 19.2. The molecule has 7 aromatic rings. The molecule has 0 amide bonds. The number of aromatic nitrogens is 3. The standard InChI is InChI=1S/C48H38N4S/c1-48(52-43-12-6-5-11-40(43)46-44(52)18-17-37-30-45(53-47(37)46)36-8-3-2-4-9-36)23-7-10-38(31-48)42-29-39(28-41(51-42)35-21-26-50-27-22-35)33-15-13-32(14-16-33)34-19-24-49-25-20-34/h2-26,28-29,45,50H,27,30-31H2,1H3. The third-order valence-corrected chi connectivity index (χ3v) is 12.4. The number of thioether (sulfide) groups is 1. The summed E-state index contributed by atoms with van der Waals surface area (Å²) in [6, 6.07) is 42.2. The summed E-state index contributed by atoms with van der Waals surface area (Å²) in [5.74, 6) is 0. The van der Waals surface area contributed by atoms with Crippen LogP contribution >= 0.6 is 11.8 Å². The third-order valence-electron chi connectivity index (χ3n) is 11.0. The van der Waals surface area contributed by atoms with E-state index in [0.29, 0.717) is 5.25 Å². The number of nitrogens with zero attached hydrogens (tertiary/aromatic N) is 3. The molecular weight excluding hydrogens is 665 g/mol. The molecule has 0 radical (unpaired) electrons. The molecule has 2 unspecified atom stereocenters. The maximum Gasteiger partial charge on any atom is 0.0713 e. The summed E-state index contributed by atoms with van der Waals surface area (Å²) in [5, 5.41) is 6.44. The molecule has 0 saturated carbocycles. The number of rotatable bonds is 6. The van der Waals surface area contributed by atoms with Crippen molar-refractivity contribution >= 4 is 44.7 Å². The van der Waals surface area contributed by atoms with Crippen LogP contribution in [0.4, 0.5) is 0 Å². The van der Waals surface area contributed by atoms with Gasteiger partial charge in [-0.15, -0.1) is 11.8 Å². The number of hydrogen-bond acceptors (Lipinski definition) is 4. The Kier molecular flexibility index (Phi) is 7.76. The number of fused-ring (bicyclic) bond motifs is 5. The fourth-order valence-corrected chi connectivity index (χ4v) is 9.89. The predicted molar refractivity (Wildman–Crippen MR) is 222 cm³/mol. The lowest BCUT2D eigenvalue weighted by Gasteiger charge is -2.33. The number of nitrogens with one attached hydrogen (secondary N) is 1. The van der Waals surface area contributed by atoms with Gasteiger partial charge in [0.2, 0.25) is 0 Å². The second kappa shape index (κ2) is 12.9. The molecule has 10 rings (SSSR count). The Labute approximate surface area is 314 Å². The third kappa shape index (κ3) is 5.64. The van der Waals surface area contributed by atoms with E-state index in [9.17, 15) is 0 Å². The Morgan fingerprint density at radius 3 is 2.34 bits per heavy atom. The van der Waals surface area contributed by atoms with Gasteiger partial charge in [0.1, 0.15) is 0 Å². The van der Waals surface area contributed by atoms with Crippen molar-refractivity contribution in [1.82, 2.24) is 19.9 Å². The minimum Gasteiger partial charge on any atom is -0.387 e. The Morgan fingerprint density at radius 2 is 1.53 bits per heavy atom. The largest absolute Gasteiger partial charge is 0.387 e. The van der Waals surface area contributed by atoms with E-state index in [0.717, 1.165) is 47.5 Å². The molecule has 2 atom stereocenters. The quantitative estimate of drug-likeness (QED) is 0.187. The summed E-state index contributed by atoms with van der Waals surface area (Å²) in [7, 11) is 0. The van der Waals surface area contributed by atoms with E-state index in [2.05, 4.69) is 167 Å². The van der Waals surface area contributed by atoms with Crippen molar-refractivity contribution in [3.8, 4) is 22.3 Å². The molecule has 4 nitrogen and oxygen atoms in total. The molecule has 0 saturated heterocycles. The highest BCUT2D eigenvalue weighted by Gasteiger charge is 2.34. The summed E-state index contributed by atoms with van der Waals surface area (Å²) < 4.78 is 2.60. The van der Waals surface area contributed by atoms with E-state index in [4.69, 9.17) is 4.98 Å². The summed E-state index contributed by atoms with van der Waals surface area (Å²) in [6.45, 7) is 3.18. The predicted octanol–water partition coefficient (Wildman–Crippen LogP) is 11.6. The molecule has 5 heteroatoms. The van der Waals surface area contributed by atoms with Crippen molar-refractivity contribution in [3.05, 3.63) is 187 Å². The fraction of sp³-hybridized carbons (Fsp3) is 0.125. The van der Waals surface area contributed by atoms with Crippen molar-refractivity contribution in [1.29, 1.82) is 0 Å². The zero-order valence-corrected chi connectivity index (χ0v) is 30.4. The van der Waals surface area contributed by atoms with Gasteiger partial charge in [0, 0.05) is 51.8 Å². The van der Waals surface area contributed by atoms with Crippen LogP contribution in [0.1, 0.15) is 41.1 Å². The van der Waals surface area contributed by atoms with Crippen LogP contribution in [-0.4, -0.2) is 21.1 Å². The van der Waals surface area contributed by atoms with E-state index < -0.39 is 0 Å². The molecule has 256 valence electrons. The first-order valence-corrected chi connectivity index (χ1v) is 19.3. The van der Waals surface area contributed by atoms with Gasteiger partial charge in [0.15, 0.2) is 0 Å². The number of allylic oxidation sites excluding steroid dienone is 6. The molecule has 1 aliphatic carbocycles. The summed E-state index contributed by atoms with van der Waals surface area (Å²) in [5.41, 5.74) is 14.2. The topological polar surface area (TPSA) is 42.7 Å². The molecule has 4 aromatic carbocycles. The minimum atomic E-state index is -0.306. The lowest BCUT2D eigenvalue weighted by atomic mass is 9.85. The van der Waals surface area contributed by atoms with Crippen LogP contribution in [0.25, 0.3) is 55.2 Å². The van der Waals surface area contributed by atoms with Gasteiger partial charge in [-0.3, -0.25) is 4.98 Å². The molecule has 0 bridgehead atoms. The smallest absolute Gasteiger partial charge is 0.0713 e. The molecule has 5 heterocycles. The Hall–Kier alpha value is -5.91. The zero-order chi connectivity index (χ0) is 35.4. The fourth-order valence-electron chi connectivity index (χ4n) is 8.41. The van der Waals surface area contributed by atoms with Gasteiger partial charge in [-0.05, 0) is 107 Å². The second-order valence-electron chi connectivity index (χ2n) is 14.4. The SMILES string of the molecule is CC1(n2c3ccccc3c3c4c(ccc32)CC(c2ccccc2)S4)C=CC=C(c2cc(-c3ccc(-c4ccncc4)cc3)cc(C3=CCNC=C3)n2)C1. The van der Waals surface area contributed by atoms with Crippen LogP contribution in [0.15, 0.2) is 169 Å². The number of hydrogen-bond donors (Lipinski definition) is 1. The lowest BCUT2D eigenvalue weighted by molar-refractivity contribution is 0.443.